The summed E-state index contributed by atoms with van der Waals surface area (Å²) in [6.07, 6.45) is 3.02. The van der Waals surface area contributed by atoms with E-state index in [1.807, 2.05) is 6.20 Å². The molecule has 0 saturated heterocycles. The molecule has 0 saturated carbocycles. The van der Waals surface area contributed by atoms with E-state index in [2.05, 4.69) is 36.2 Å². The van der Waals surface area contributed by atoms with Crippen LogP contribution in [0.3, 0.4) is 0 Å². The van der Waals surface area contributed by atoms with Crippen LogP contribution in [0.5, 0.6) is 0 Å². The maximum atomic E-state index is 8.56. The van der Waals surface area contributed by atoms with Crippen molar-refractivity contribution in [1.29, 1.82) is 5.26 Å². The second-order valence-electron chi connectivity index (χ2n) is 3.33. The number of H-pyrrole nitrogens is 1. The molecule has 0 amide bonds. The fraction of sp³-hybridized carbons (Fsp3) is 0.250. The van der Waals surface area contributed by atoms with E-state index in [4.69, 9.17) is 5.26 Å². The summed E-state index contributed by atoms with van der Waals surface area (Å²) in [7, 11) is 0. The predicted octanol–water partition coefficient (Wildman–Crippen LogP) is 3.35. The zero-order chi connectivity index (χ0) is 10.7. The first-order chi connectivity index (χ1) is 7.35. The number of thioether (sulfide) groups is 1. The smallest absolute Gasteiger partial charge is 0.0856 e. The van der Waals surface area contributed by atoms with Crippen molar-refractivity contribution >= 4 is 22.7 Å². The first kappa shape index (κ1) is 10.1. The van der Waals surface area contributed by atoms with Gasteiger partial charge in [0.25, 0.3) is 0 Å². The van der Waals surface area contributed by atoms with E-state index in [-0.39, 0.29) is 0 Å². The Balaban J connectivity index is 2.43. The second-order valence-corrected chi connectivity index (χ2v) is 4.35. The molecule has 76 valence electrons. The summed E-state index contributed by atoms with van der Waals surface area (Å²) in [5.41, 5.74) is 2.48. The van der Waals surface area contributed by atoms with Crippen LogP contribution in [-0.4, -0.2) is 10.7 Å². The van der Waals surface area contributed by atoms with Gasteiger partial charge in [-0.15, -0.1) is 11.8 Å². The average Bonchev–Trinajstić information content (AvgIpc) is 2.68. The number of aryl methyl sites for hydroxylation is 1. The minimum absolute atomic E-state index is 0.503. The van der Waals surface area contributed by atoms with E-state index in [9.17, 15) is 0 Å². The number of fused-ring (bicyclic) bond motifs is 1. The molecule has 2 nitrogen and oxygen atoms in total. The van der Waals surface area contributed by atoms with E-state index >= 15 is 0 Å². The van der Waals surface area contributed by atoms with Gasteiger partial charge in [-0.05, 0) is 24.1 Å². The van der Waals surface area contributed by atoms with E-state index < -0.39 is 0 Å². The number of nitrogens with zero attached hydrogens (tertiary/aromatic N) is 1. The Kier molecular flexibility index (Phi) is 2.98. The Morgan fingerprint density at radius 3 is 3.07 bits per heavy atom. The summed E-state index contributed by atoms with van der Waals surface area (Å²) in [6.45, 7) is 2.15. The minimum atomic E-state index is 0.503. The van der Waals surface area contributed by atoms with Crippen molar-refractivity contribution in [3.05, 3.63) is 30.0 Å². The molecule has 0 spiro atoms. The molecule has 1 heterocycles. The molecule has 3 heteroatoms. The van der Waals surface area contributed by atoms with E-state index in [0.717, 1.165) is 11.9 Å². The molecule has 2 aromatic rings. The van der Waals surface area contributed by atoms with Crippen LogP contribution in [0.15, 0.2) is 29.3 Å². The van der Waals surface area contributed by atoms with Crippen LogP contribution in [0, 0.1) is 11.3 Å². The number of hydrogen-bond donors (Lipinski definition) is 1. The minimum Gasteiger partial charge on any atom is -0.360 e. The monoisotopic (exact) mass is 216 g/mol. The van der Waals surface area contributed by atoms with Gasteiger partial charge in [-0.25, -0.2) is 0 Å². The highest BCUT2D eigenvalue weighted by Gasteiger charge is 2.04. The lowest BCUT2D eigenvalue weighted by Crippen LogP contribution is -1.79. The van der Waals surface area contributed by atoms with Crippen molar-refractivity contribution < 1.29 is 0 Å². The number of hydrogen-bond acceptors (Lipinski definition) is 2. The number of aromatic nitrogens is 1. The molecule has 0 atom stereocenters. The third kappa shape index (κ3) is 2.00. The first-order valence-electron chi connectivity index (χ1n) is 4.95. The van der Waals surface area contributed by atoms with Gasteiger partial charge in [-0.2, -0.15) is 5.26 Å². The first-order valence-corrected chi connectivity index (χ1v) is 5.93. The van der Waals surface area contributed by atoms with Gasteiger partial charge >= 0.3 is 0 Å². The van der Waals surface area contributed by atoms with Crippen LogP contribution in [0.25, 0.3) is 10.9 Å². The largest absolute Gasteiger partial charge is 0.360 e. The lowest BCUT2D eigenvalue weighted by molar-refractivity contribution is 1.15. The standard InChI is InChI=1S/C12H12N2S/c1-2-9-3-4-11-10(7-9)12(8-14-11)15-6-5-13/h3-4,7-8,14H,2,6H2,1H3. The highest BCUT2D eigenvalue weighted by molar-refractivity contribution is 7.99. The fourth-order valence-corrected chi connectivity index (χ4v) is 2.28. The maximum absolute atomic E-state index is 8.56. The van der Waals surface area contributed by atoms with Crippen LogP contribution in [0.2, 0.25) is 0 Å². The summed E-state index contributed by atoms with van der Waals surface area (Å²) >= 11 is 1.58. The van der Waals surface area contributed by atoms with Gasteiger partial charge in [0.2, 0.25) is 0 Å². The molecular weight excluding hydrogens is 204 g/mol. The van der Waals surface area contributed by atoms with Gasteiger partial charge in [0.1, 0.15) is 0 Å². The van der Waals surface area contributed by atoms with Crippen LogP contribution in [0.1, 0.15) is 12.5 Å². The average molecular weight is 216 g/mol. The molecule has 0 bridgehead atoms. The van der Waals surface area contributed by atoms with Crippen molar-refractivity contribution in [3.8, 4) is 6.07 Å². The molecule has 2 rings (SSSR count). The Bertz CT molecular complexity index is 508. The molecule has 0 radical (unpaired) electrons. The highest BCUT2D eigenvalue weighted by atomic mass is 32.2. The molecule has 0 aliphatic carbocycles. The quantitative estimate of drug-likeness (QED) is 0.799. The van der Waals surface area contributed by atoms with E-state index in [1.165, 1.54) is 15.8 Å². The van der Waals surface area contributed by atoms with Gasteiger partial charge in [0, 0.05) is 22.0 Å². The molecule has 0 aliphatic heterocycles. The van der Waals surface area contributed by atoms with Gasteiger partial charge in [-0.1, -0.05) is 13.0 Å². The topological polar surface area (TPSA) is 39.6 Å². The lowest BCUT2D eigenvalue weighted by Gasteiger charge is -1.98. The number of nitrogens with one attached hydrogen (secondary N) is 1. The Morgan fingerprint density at radius 1 is 1.47 bits per heavy atom. The summed E-state index contributed by atoms with van der Waals surface area (Å²) in [5.74, 6) is 0.503. The number of benzene rings is 1. The zero-order valence-corrected chi connectivity index (χ0v) is 9.40. The third-order valence-electron chi connectivity index (χ3n) is 2.41. The van der Waals surface area contributed by atoms with Crippen LogP contribution in [0.4, 0.5) is 0 Å². The molecule has 15 heavy (non-hydrogen) atoms. The van der Waals surface area contributed by atoms with Crippen LogP contribution in [-0.2, 0) is 6.42 Å². The van der Waals surface area contributed by atoms with Gasteiger partial charge in [0.05, 0.1) is 11.8 Å². The van der Waals surface area contributed by atoms with Crippen molar-refractivity contribution in [2.75, 3.05) is 5.75 Å². The molecule has 1 aromatic carbocycles. The molecule has 0 unspecified atom stereocenters. The number of rotatable bonds is 3. The summed E-state index contributed by atoms with van der Waals surface area (Å²) in [5, 5.41) is 9.79. The normalized spacial score (nSPS) is 10.4. The molecule has 1 aromatic heterocycles. The van der Waals surface area contributed by atoms with E-state index in [0.29, 0.717) is 5.75 Å². The van der Waals surface area contributed by atoms with Crippen molar-refractivity contribution in [1.82, 2.24) is 4.98 Å². The maximum Gasteiger partial charge on any atom is 0.0856 e. The van der Waals surface area contributed by atoms with E-state index in [1.54, 1.807) is 11.8 Å². The van der Waals surface area contributed by atoms with Crippen molar-refractivity contribution in [2.45, 2.75) is 18.2 Å². The molecule has 1 N–H and O–H groups in total. The Labute approximate surface area is 93.3 Å². The summed E-state index contributed by atoms with van der Waals surface area (Å²) in [6, 6.07) is 8.59. The van der Waals surface area contributed by atoms with Gasteiger partial charge in [0.15, 0.2) is 0 Å². The van der Waals surface area contributed by atoms with Crippen molar-refractivity contribution in [3.63, 3.8) is 0 Å². The third-order valence-corrected chi connectivity index (χ3v) is 3.33. The highest BCUT2D eigenvalue weighted by Crippen LogP contribution is 2.28. The van der Waals surface area contributed by atoms with Gasteiger partial charge < -0.3 is 4.98 Å². The predicted molar refractivity (Wildman–Crippen MR) is 64.0 cm³/mol. The van der Waals surface area contributed by atoms with Crippen LogP contribution < -0.4 is 0 Å². The summed E-state index contributed by atoms with van der Waals surface area (Å²) < 4.78 is 0. The SMILES string of the molecule is CCc1ccc2[nH]cc(SCC#N)c2c1. The lowest BCUT2D eigenvalue weighted by atomic mass is 10.1. The second kappa shape index (κ2) is 4.41. The zero-order valence-electron chi connectivity index (χ0n) is 8.58. The molecule has 0 fully saturated rings. The Hall–Kier alpha value is -1.40. The number of nitriles is 1. The Morgan fingerprint density at radius 2 is 2.33 bits per heavy atom. The molecular formula is C12H12N2S. The van der Waals surface area contributed by atoms with Crippen molar-refractivity contribution in [2.24, 2.45) is 0 Å². The fourth-order valence-electron chi connectivity index (χ4n) is 1.59. The summed E-state index contributed by atoms with van der Waals surface area (Å²) in [4.78, 5) is 4.39. The number of aromatic amines is 1. The van der Waals surface area contributed by atoms with Gasteiger partial charge in [-0.3, -0.25) is 0 Å². The van der Waals surface area contributed by atoms with Crippen LogP contribution >= 0.6 is 11.8 Å². The molecule has 0 aliphatic rings.